The molecule has 0 bridgehead atoms. The molecule has 2 aliphatic rings. The largest absolute Gasteiger partial charge is 0.378 e. The summed E-state index contributed by atoms with van der Waals surface area (Å²) in [6.45, 7) is 4.47. The minimum atomic E-state index is 0.541. The average molecular weight is 299 g/mol. The highest BCUT2D eigenvalue weighted by molar-refractivity contribution is 8.15. The second-order valence-corrected chi connectivity index (χ2v) is 6.75. The number of aromatic nitrogens is 3. The van der Waals surface area contributed by atoms with Crippen molar-refractivity contribution in [1.82, 2.24) is 19.7 Å². The number of ether oxygens (including phenoxy) is 1. The van der Waals surface area contributed by atoms with Gasteiger partial charge in [-0.15, -0.1) is 10.2 Å². The molecule has 104 valence electrons. The predicted octanol–water partition coefficient (Wildman–Crippen LogP) is 0.711. The Labute approximate surface area is 121 Å². The molecule has 1 saturated heterocycles. The van der Waals surface area contributed by atoms with E-state index in [1.807, 2.05) is 23.4 Å². The summed E-state index contributed by atoms with van der Waals surface area (Å²) in [6, 6.07) is 0. The third kappa shape index (κ3) is 3.24. The first kappa shape index (κ1) is 13.3. The molecule has 6 nitrogen and oxygen atoms in total. The predicted molar refractivity (Wildman–Crippen MR) is 77.8 cm³/mol. The van der Waals surface area contributed by atoms with Gasteiger partial charge in [-0.1, -0.05) is 23.5 Å². The SMILES string of the molecule is Cn1cnnc1SCC1CN=C(N2CCOCC2)S1. The number of thioether (sulfide) groups is 2. The lowest BCUT2D eigenvalue weighted by atomic mass is 10.4. The quantitative estimate of drug-likeness (QED) is 0.766. The van der Waals surface area contributed by atoms with Gasteiger partial charge in [-0.25, -0.2) is 0 Å². The summed E-state index contributed by atoms with van der Waals surface area (Å²) in [5, 5.41) is 10.7. The van der Waals surface area contributed by atoms with E-state index in [2.05, 4.69) is 20.1 Å². The average Bonchev–Trinajstić information content (AvgIpc) is 3.06. The molecule has 0 aromatic carbocycles. The van der Waals surface area contributed by atoms with E-state index in [0.29, 0.717) is 5.25 Å². The van der Waals surface area contributed by atoms with Crippen molar-refractivity contribution in [3.8, 4) is 0 Å². The summed E-state index contributed by atoms with van der Waals surface area (Å²) < 4.78 is 7.32. The van der Waals surface area contributed by atoms with Crippen molar-refractivity contribution in [1.29, 1.82) is 0 Å². The van der Waals surface area contributed by atoms with Crippen molar-refractivity contribution < 1.29 is 4.74 Å². The molecular formula is C11H17N5OS2. The zero-order chi connectivity index (χ0) is 13.1. The molecule has 8 heteroatoms. The molecule has 0 radical (unpaired) electrons. The Morgan fingerprint density at radius 1 is 1.47 bits per heavy atom. The third-order valence-corrected chi connectivity index (χ3v) is 5.71. The molecule has 2 aliphatic heterocycles. The number of aliphatic imine (C=N–C) groups is 1. The maximum absolute atomic E-state index is 5.37. The Balaban J connectivity index is 1.47. The molecule has 3 heterocycles. The van der Waals surface area contributed by atoms with Crippen molar-refractivity contribution in [2.24, 2.45) is 12.0 Å². The van der Waals surface area contributed by atoms with Gasteiger partial charge in [0.1, 0.15) is 6.33 Å². The molecule has 19 heavy (non-hydrogen) atoms. The van der Waals surface area contributed by atoms with E-state index in [1.165, 1.54) is 5.17 Å². The lowest BCUT2D eigenvalue weighted by Gasteiger charge is -2.28. The minimum Gasteiger partial charge on any atom is -0.378 e. The standard InChI is InChI=1S/C11H17N5OS2/c1-15-8-13-14-11(15)18-7-9-6-12-10(19-9)16-2-4-17-5-3-16/h8-9H,2-7H2,1H3. The van der Waals surface area contributed by atoms with Crippen molar-refractivity contribution in [2.45, 2.75) is 10.4 Å². The van der Waals surface area contributed by atoms with Crippen LogP contribution in [0, 0.1) is 0 Å². The first-order valence-electron chi connectivity index (χ1n) is 6.33. The summed E-state index contributed by atoms with van der Waals surface area (Å²) in [5.41, 5.74) is 0. The monoisotopic (exact) mass is 299 g/mol. The zero-order valence-corrected chi connectivity index (χ0v) is 12.5. The van der Waals surface area contributed by atoms with E-state index in [0.717, 1.165) is 43.8 Å². The minimum absolute atomic E-state index is 0.541. The van der Waals surface area contributed by atoms with Gasteiger partial charge < -0.3 is 14.2 Å². The summed E-state index contributed by atoms with van der Waals surface area (Å²) in [6.07, 6.45) is 1.74. The van der Waals surface area contributed by atoms with Crippen LogP contribution in [0.3, 0.4) is 0 Å². The van der Waals surface area contributed by atoms with E-state index < -0.39 is 0 Å². The molecule has 0 N–H and O–H groups in total. The summed E-state index contributed by atoms with van der Waals surface area (Å²) in [7, 11) is 1.97. The molecule has 0 amide bonds. The van der Waals surface area contributed by atoms with Crippen molar-refractivity contribution in [3.63, 3.8) is 0 Å². The third-order valence-electron chi connectivity index (χ3n) is 3.05. The van der Waals surface area contributed by atoms with Crippen LogP contribution in [0.4, 0.5) is 0 Å². The van der Waals surface area contributed by atoms with Gasteiger partial charge in [-0.05, 0) is 0 Å². The number of morpholine rings is 1. The van der Waals surface area contributed by atoms with Gasteiger partial charge in [0.2, 0.25) is 0 Å². The van der Waals surface area contributed by atoms with Gasteiger partial charge in [-0.2, -0.15) is 0 Å². The second-order valence-electron chi connectivity index (χ2n) is 4.50. The van der Waals surface area contributed by atoms with Crippen LogP contribution in [0.15, 0.2) is 16.5 Å². The van der Waals surface area contributed by atoms with E-state index in [-0.39, 0.29) is 0 Å². The Morgan fingerprint density at radius 3 is 3.05 bits per heavy atom. The second kappa shape index (κ2) is 6.15. The van der Waals surface area contributed by atoms with Gasteiger partial charge in [0.25, 0.3) is 0 Å². The van der Waals surface area contributed by atoms with E-state index in [9.17, 15) is 0 Å². The number of hydrogen-bond donors (Lipinski definition) is 0. The van der Waals surface area contributed by atoms with Crippen LogP contribution in [0.1, 0.15) is 0 Å². The molecule has 1 aromatic heterocycles. The maximum Gasteiger partial charge on any atom is 0.190 e. The van der Waals surface area contributed by atoms with Crippen LogP contribution in [0.2, 0.25) is 0 Å². The zero-order valence-electron chi connectivity index (χ0n) is 10.9. The number of rotatable bonds is 3. The molecule has 1 aromatic rings. The molecular weight excluding hydrogens is 282 g/mol. The lowest BCUT2D eigenvalue weighted by molar-refractivity contribution is 0.0693. The van der Waals surface area contributed by atoms with Gasteiger partial charge >= 0.3 is 0 Å². The molecule has 3 rings (SSSR count). The first-order valence-corrected chi connectivity index (χ1v) is 8.20. The van der Waals surface area contributed by atoms with Crippen LogP contribution < -0.4 is 0 Å². The molecule has 1 unspecified atom stereocenters. The fraction of sp³-hybridized carbons (Fsp3) is 0.727. The van der Waals surface area contributed by atoms with Gasteiger partial charge in [-0.3, -0.25) is 4.99 Å². The van der Waals surface area contributed by atoms with Crippen LogP contribution in [0.5, 0.6) is 0 Å². The van der Waals surface area contributed by atoms with E-state index in [4.69, 9.17) is 4.74 Å². The Hall–Kier alpha value is -0.730. The highest BCUT2D eigenvalue weighted by Crippen LogP contribution is 2.28. The Bertz CT molecular complexity index is 458. The van der Waals surface area contributed by atoms with Crippen molar-refractivity contribution in [2.75, 3.05) is 38.6 Å². The molecule has 0 spiro atoms. The molecule has 0 saturated carbocycles. The number of aryl methyl sites for hydroxylation is 1. The smallest absolute Gasteiger partial charge is 0.190 e. The Morgan fingerprint density at radius 2 is 2.32 bits per heavy atom. The van der Waals surface area contributed by atoms with Crippen molar-refractivity contribution >= 4 is 28.7 Å². The normalized spacial score (nSPS) is 23.7. The lowest BCUT2D eigenvalue weighted by Crippen LogP contribution is -2.39. The van der Waals surface area contributed by atoms with Gasteiger partial charge in [0.05, 0.1) is 19.8 Å². The van der Waals surface area contributed by atoms with E-state index >= 15 is 0 Å². The van der Waals surface area contributed by atoms with Gasteiger partial charge in [0, 0.05) is 31.1 Å². The Kier molecular flexibility index (Phi) is 4.29. The fourth-order valence-electron chi connectivity index (χ4n) is 1.99. The first-order chi connectivity index (χ1) is 9.33. The topological polar surface area (TPSA) is 55.5 Å². The molecule has 0 aliphatic carbocycles. The van der Waals surface area contributed by atoms with Crippen LogP contribution in [0.25, 0.3) is 0 Å². The van der Waals surface area contributed by atoms with Crippen LogP contribution in [-0.4, -0.2) is 68.7 Å². The van der Waals surface area contributed by atoms with Gasteiger partial charge in [0.15, 0.2) is 10.3 Å². The summed E-state index contributed by atoms with van der Waals surface area (Å²) in [4.78, 5) is 6.99. The fourth-order valence-corrected chi connectivity index (χ4v) is 4.19. The van der Waals surface area contributed by atoms with Crippen LogP contribution >= 0.6 is 23.5 Å². The maximum atomic E-state index is 5.37. The van der Waals surface area contributed by atoms with Crippen LogP contribution in [-0.2, 0) is 11.8 Å². The summed E-state index contributed by atoms with van der Waals surface area (Å²) >= 11 is 3.64. The number of nitrogens with zero attached hydrogens (tertiary/aromatic N) is 5. The van der Waals surface area contributed by atoms with Crippen molar-refractivity contribution in [3.05, 3.63) is 6.33 Å². The highest BCUT2D eigenvalue weighted by Gasteiger charge is 2.25. The molecule has 1 atom stereocenters. The summed E-state index contributed by atoms with van der Waals surface area (Å²) in [5.74, 6) is 1.02. The van der Waals surface area contributed by atoms with E-state index in [1.54, 1.807) is 18.1 Å². The number of hydrogen-bond acceptors (Lipinski definition) is 7. The molecule has 1 fully saturated rings. The number of amidine groups is 1. The highest BCUT2D eigenvalue weighted by atomic mass is 32.2.